The molecule has 0 saturated carbocycles. The van der Waals surface area contributed by atoms with E-state index in [1.54, 1.807) is 12.4 Å². The summed E-state index contributed by atoms with van der Waals surface area (Å²) in [5.74, 6) is 0. The molecule has 3 rings (SSSR count). The van der Waals surface area contributed by atoms with Gasteiger partial charge in [-0.05, 0) is 25.7 Å². The van der Waals surface area contributed by atoms with Crippen molar-refractivity contribution in [2.24, 2.45) is 0 Å². The zero-order chi connectivity index (χ0) is 13.1. The zero-order valence-corrected chi connectivity index (χ0v) is 11.2. The molecule has 5 nitrogen and oxygen atoms in total. The van der Waals surface area contributed by atoms with Crippen LogP contribution in [-0.4, -0.2) is 51.4 Å². The third-order valence-corrected chi connectivity index (χ3v) is 4.32. The van der Waals surface area contributed by atoms with E-state index in [1.807, 2.05) is 6.20 Å². The Morgan fingerprint density at radius 3 is 2.89 bits per heavy atom. The minimum atomic E-state index is -0.292. The molecule has 0 radical (unpaired) electrons. The lowest BCUT2D eigenvalue weighted by Crippen LogP contribution is -2.55. The molecule has 3 heterocycles. The number of aliphatic hydroxyl groups is 1. The standard InChI is InChI=1S/C14H21N3O2/c18-13-2-1-9-19-14(13)3-7-17(8-4-14)11-12-10-15-5-6-16-12/h5-6,10,13,18H,1-4,7-9,11H2/t13-/m0/s1. The molecular weight excluding hydrogens is 242 g/mol. The molecule has 104 valence electrons. The van der Waals surface area contributed by atoms with Crippen LogP contribution in [0.4, 0.5) is 0 Å². The van der Waals surface area contributed by atoms with Gasteiger partial charge < -0.3 is 9.84 Å². The van der Waals surface area contributed by atoms with Crippen molar-refractivity contribution in [2.45, 2.75) is 43.9 Å². The lowest BCUT2D eigenvalue weighted by Gasteiger charge is -2.46. The number of hydrogen-bond donors (Lipinski definition) is 1. The number of nitrogens with zero attached hydrogens (tertiary/aromatic N) is 3. The fourth-order valence-electron chi connectivity index (χ4n) is 3.12. The summed E-state index contributed by atoms with van der Waals surface area (Å²) in [6.45, 7) is 3.53. The first kappa shape index (κ1) is 13.0. The Balaban J connectivity index is 1.57. The van der Waals surface area contributed by atoms with Crippen LogP contribution in [-0.2, 0) is 11.3 Å². The highest BCUT2D eigenvalue weighted by molar-refractivity contribution is 4.99. The molecular formula is C14H21N3O2. The molecule has 0 amide bonds. The fraction of sp³-hybridized carbons (Fsp3) is 0.714. The first-order valence-corrected chi connectivity index (χ1v) is 7.08. The normalized spacial score (nSPS) is 27.5. The Hall–Kier alpha value is -1.04. The van der Waals surface area contributed by atoms with E-state index in [1.165, 1.54) is 0 Å². The smallest absolute Gasteiger partial charge is 0.0964 e. The zero-order valence-electron chi connectivity index (χ0n) is 11.2. The van der Waals surface area contributed by atoms with Gasteiger partial charge in [-0.15, -0.1) is 0 Å². The number of hydrogen-bond acceptors (Lipinski definition) is 5. The SMILES string of the molecule is O[C@H]1CCCOC12CCN(Cc1cnccn1)CC2. The molecule has 19 heavy (non-hydrogen) atoms. The summed E-state index contributed by atoms with van der Waals surface area (Å²) in [5.41, 5.74) is 0.723. The predicted molar refractivity (Wildman–Crippen MR) is 70.5 cm³/mol. The molecule has 0 aliphatic carbocycles. The molecule has 5 heteroatoms. The van der Waals surface area contributed by atoms with Gasteiger partial charge in [0.05, 0.1) is 17.4 Å². The maximum atomic E-state index is 10.2. The summed E-state index contributed by atoms with van der Waals surface area (Å²) < 4.78 is 5.91. The predicted octanol–water partition coefficient (Wildman–Crippen LogP) is 0.982. The van der Waals surface area contributed by atoms with E-state index in [4.69, 9.17) is 4.74 Å². The van der Waals surface area contributed by atoms with Crippen molar-refractivity contribution in [3.8, 4) is 0 Å². The monoisotopic (exact) mass is 263 g/mol. The molecule has 1 aromatic heterocycles. The summed E-state index contributed by atoms with van der Waals surface area (Å²) in [7, 11) is 0. The molecule has 0 aromatic carbocycles. The Morgan fingerprint density at radius 2 is 2.21 bits per heavy atom. The van der Waals surface area contributed by atoms with E-state index in [-0.39, 0.29) is 11.7 Å². The second kappa shape index (κ2) is 5.53. The van der Waals surface area contributed by atoms with Gasteiger partial charge in [0.25, 0.3) is 0 Å². The molecule has 0 unspecified atom stereocenters. The minimum absolute atomic E-state index is 0.281. The first-order chi connectivity index (χ1) is 9.28. The van der Waals surface area contributed by atoms with E-state index in [9.17, 15) is 5.11 Å². The van der Waals surface area contributed by atoms with Crippen LogP contribution in [0.3, 0.4) is 0 Å². The summed E-state index contributed by atoms with van der Waals surface area (Å²) in [6, 6.07) is 0. The maximum absolute atomic E-state index is 10.2. The summed E-state index contributed by atoms with van der Waals surface area (Å²) in [4.78, 5) is 10.8. The van der Waals surface area contributed by atoms with Crippen LogP contribution in [0.2, 0.25) is 0 Å². The van der Waals surface area contributed by atoms with Crippen LogP contribution in [0, 0.1) is 0 Å². The van der Waals surface area contributed by atoms with Gasteiger partial charge in [0, 0.05) is 44.8 Å². The molecule has 1 N–H and O–H groups in total. The van der Waals surface area contributed by atoms with E-state index >= 15 is 0 Å². The Labute approximate surface area is 113 Å². The van der Waals surface area contributed by atoms with Gasteiger partial charge in [-0.3, -0.25) is 14.9 Å². The van der Waals surface area contributed by atoms with Crippen LogP contribution in [0.15, 0.2) is 18.6 Å². The fourth-order valence-corrected chi connectivity index (χ4v) is 3.12. The van der Waals surface area contributed by atoms with E-state index in [2.05, 4.69) is 14.9 Å². The van der Waals surface area contributed by atoms with Crippen LogP contribution in [0.5, 0.6) is 0 Å². The number of aliphatic hydroxyl groups excluding tert-OH is 1. The molecule has 2 aliphatic rings. The third kappa shape index (κ3) is 2.78. The Kier molecular flexibility index (Phi) is 3.77. The van der Waals surface area contributed by atoms with Crippen LogP contribution in [0.1, 0.15) is 31.4 Å². The highest BCUT2D eigenvalue weighted by Crippen LogP contribution is 2.35. The van der Waals surface area contributed by atoms with Crippen molar-refractivity contribution in [2.75, 3.05) is 19.7 Å². The van der Waals surface area contributed by atoms with E-state index in [0.29, 0.717) is 0 Å². The van der Waals surface area contributed by atoms with Crippen molar-refractivity contribution in [1.82, 2.24) is 14.9 Å². The summed E-state index contributed by atoms with van der Waals surface area (Å²) in [5, 5.41) is 10.2. The number of ether oxygens (including phenoxy) is 1. The number of piperidine rings is 1. The Bertz CT molecular complexity index is 404. The third-order valence-electron chi connectivity index (χ3n) is 4.32. The molecule has 2 aliphatic heterocycles. The van der Waals surface area contributed by atoms with Crippen molar-refractivity contribution in [3.63, 3.8) is 0 Å². The van der Waals surface area contributed by atoms with Crippen LogP contribution < -0.4 is 0 Å². The molecule has 2 fully saturated rings. The first-order valence-electron chi connectivity index (χ1n) is 7.08. The van der Waals surface area contributed by atoms with Gasteiger partial charge in [0.15, 0.2) is 0 Å². The summed E-state index contributed by atoms with van der Waals surface area (Å²) >= 11 is 0. The highest BCUT2D eigenvalue weighted by atomic mass is 16.5. The van der Waals surface area contributed by atoms with Crippen LogP contribution >= 0.6 is 0 Å². The van der Waals surface area contributed by atoms with E-state index in [0.717, 1.165) is 57.6 Å². The Morgan fingerprint density at radius 1 is 1.37 bits per heavy atom. The second-order valence-corrected chi connectivity index (χ2v) is 5.54. The summed E-state index contributed by atoms with van der Waals surface area (Å²) in [6.07, 6.45) is 8.63. The highest BCUT2D eigenvalue weighted by Gasteiger charge is 2.43. The minimum Gasteiger partial charge on any atom is -0.390 e. The number of likely N-dealkylation sites (tertiary alicyclic amines) is 1. The maximum Gasteiger partial charge on any atom is 0.0964 e. The molecule has 1 aromatic rings. The average molecular weight is 263 g/mol. The largest absolute Gasteiger partial charge is 0.390 e. The quantitative estimate of drug-likeness (QED) is 0.862. The van der Waals surface area contributed by atoms with Crippen LogP contribution in [0.25, 0.3) is 0 Å². The lowest BCUT2D eigenvalue weighted by molar-refractivity contribution is -0.177. The van der Waals surface area contributed by atoms with Gasteiger partial charge in [0.2, 0.25) is 0 Å². The molecule has 1 spiro atoms. The second-order valence-electron chi connectivity index (χ2n) is 5.54. The van der Waals surface area contributed by atoms with Gasteiger partial charge in [-0.25, -0.2) is 0 Å². The molecule has 1 atom stereocenters. The topological polar surface area (TPSA) is 58.5 Å². The average Bonchev–Trinajstić information content (AvgIpc) is 2.46. The van der Waals surface area contributed by atoms with Crippen molar-refractivity contribution in [1.29, 1.82) is 0 Å². The number of rotatable bonds is 2. The van der Waals surface area contributed by atoms with Gasteiger partial charge >= 0.3 is 0 Å². The molecule has 0 bridgehead atoms. The molecule has 2 saturated heterocycles. The van der Waals surface area contributed by atoms with Gasteiger partial charge in [-0.1, -0.05) is 0 Å². The van der Waals surface area contributed by atoms with Crippen molar-refractivity contribution >= 4 is 0 Å². The van der Waals surface area contributed by atoms with Crippen molar-refractivity contribution < 1.29 is 9.84 Å². The van der Waals surface area contributed by atoms with Crippen molar-refractivity contribution in [3.05, 3.63) is 24.3 Å². The van der Waals surface area contributed by atoms with Gasteiger partial charge in [-0.2, -0.15) is 0 Å². The lowest BCUT2D eigenvalue weighted by atomic mass is 9.82. The van der Waals surface area contributed by atoms with E-state index < -0.39 is 0 Å². The van der Waals surface area contributed by atoms with Gasteiger partial charge in [0.1, 0.15) is 0 Å². The number of aromatic nitrogens is 2.